The molecule has 5 nitrogen and oxygen atoms in total. The van der Waals surface area contributed by atoms with Gasteiger partial charge >= 0.3 is 6.03 Å². The fourth-order valence-electron chi connectivity index (χ4n) is 2.02. The third-order valence-electron chi connectivity index (χ3n) is 3.40. The van der Waals surface area contributed by atoms with E-state index in [4.69, 9.17) is 4.74 Å². The van der Waals surface area contributed by atoms with Crippen LogP contribution in [0.1, 0.15) is 17.2 Å². The van der Waals surface area contributed by atoms with Crippen molar-refractivity contribution in [1.82, 2.24) is 5.32 Å². The zero-order chi connectivity index (χ0) is 16.8. The van der Waals surface area contributed by atoms with Crippen molar-refractivity contribution in [3.05, 3.63) is 59.4 Å². The Balaban J connectivity index is 1.91. The number of hydrogen-bond donors (Lipinski definition) is 3. The maximum absolute atomic E-state index is 12.8. The van der Waals surface area contributed by atoms with E-state index in [9.17, 15) is 14.3 Å². The smallest absolute Gasteiger partial charge is 0.319 e. The van der Waals surface area contributed by atoms with Crippen molar-refractivity contribution in [3.8, 4) is 5.75 Å². The summed E-state index contributed by atoms with van der Waals surface area (Å²) in [7, 11) is 1.55. The van der Waals surface area contributed by atoms with E-state index in [2.05, 4.69) is 10.6 Å². The highest BCUT2D eigenvalue weighted by Gasteiger charge is 2.11. The number of carbonyl (C=O) groups excluding carboxylic acids is 1. The van der Waals surface area contributed by atoms with Crippen molar-refractivity contribution >= 4 is 11.7 Å². The van der Waals surface area contributed by atoms with Crippen molar-refractivity contribution in [2.75, 3.05) is 19.0 Å². The van der Waals surface area contributed by atoms with E-state index in [1.807, 2.05) is 13.0 Å². The van der Waals surface area contributed by atoms with Gasteiger partial charge in [0.1, 0.15) is 11.6 Å². The quantitative estimate of drug-likeness (QED) is 0.793. The molecular weight excluding hydrogens is 299 g/mol. The molecule has 2 amide bonds. The number of urea groups is 1. The minimum absolute atomic E-state index is 0.0144. The number of anilines is 1. The number of amides is 2. The average molecular weight is 318 g/mol. The largest absolute Gasteiger partial charge is 0.497 e. The van der Waals surface area contributed by atoms with Crippen LogP contribution in [0.5, 0.6) is 5.75 Å². The predicted molar refractivity (Wildman–Crippen MR) is 86.1 cm³/mol. The Labute approximate surface area is 134 Å². The highest BCUT2D eigenvalue weighted by atomic mass is 19.1. The number of hydrogen-bond acceptors (Lipinski definition) is 3. The van der Waals surface area contributed by atoms with Gasteiger partial charge in [-0.1, -0.05) is 18.2 Å². The van der Waals surface area contributed by atoms with Gasteiger partial charge in [0.15, 0.2) is 0 Å². The zero-order valence-corrected chi connectivity index (χ0v) is 13.0. The number of aliphatic hydroxyl groups excluding tert-OH is 1. The van der Waals surface area contributed by atoms with Gasteiger partial charge in [0.05, 0.1) is 13.2 Å². The third-order valence-corrected chi connectivity index (χ3v) is 3.40. The monoisotopic (exact) mass is 318 g/mol. The second-order valence-electron chi connectivity index (χ2n) is 5.08. The first-order chi connectivity index (χ1) is 11.0. The van der Waals surface area contributed by atoms with Gasteiger partial charge in [-0.25, -0.2) is 9.18 Å². The summed E-state index contributed by atoms with van der Waals surface area (Å²) in [5, 5.41) is 15.3. The van der Waals surface area contributed by atoms with E-state index >= 15 is 0 Å². The van der Waals surface area contributed by atoms with Crippen LogP contribution < -0.4 is 15.4 Å². The number of halogens is 1. The molecule has 23 heavy (non-hydrogen) atoms. The summed E-state index contributed by atoms with van der Waals surface area (Å²) in [5.41, 5.74) is 2.04. The van der Waals surface area contributed by atoms with Crippen molar-refractivity contribution in [2.45, 2.75) is 13.0 Å². The molecular formula is C17H19FN2O3. The van der Waals surface area contributed by atoms with Gasteiger partial charge in [0.2, 0.25) is 0 Å². The van der Waals surface area contributed by atoms with Crippen molar-refractivity contribution in [2.24, 2.45) is 0 Å². The Bertz CT molecular complexity index is 674. The Morgan fingerprint density at radius 1 is 1.26 bits per heavy atom. The first kappa shape index (κ1) is 16.8. The van der Waals surface area contributed by atoms with Gasteiger partial charge in [-0.05, 0) is 36.2 Å². The minimum atomic E-state index is -0.909. The summed E-state index contributed by atoms with van der Waals surface area (Å²) >= 11 is 0. The average Bonchev–Trinajstić information content (AvgIpc) is 2.55. The van der Waals surface area contributed by atoms with Gasteiger partial charge in [-0.2, -0.15) is 0 Å². The second kappa shape index (κ2) is 7.60. The highest BCUT2D eigenvalue weighted by molar-refractivity contribution is 5.90. The molecule has 0 aromatic heterocycles. The van der Waals surface area contributed by atoms with Crippen LogP contribution in [0.2, 0.25) is 0 Å². The highest BCUT2D eigenvalue weighted by Crippen LogP contribution is 2.21. The second-order valence-corrected chi connectivity index (χ2v) is 5.08. The number of benzene rings is 2. The first-order valence-corrected chi connectivity index (χ1v) is 7.12. The van der Waals surface area contributed by atoms with Crippen molar-refractivity contribution in [3.63, 3.8) is 0 Å². The zero-order valence-electron chi connectivity index (χ0n) is 13.0. The van der Waals surface area contributed by atoms with Crippen molar-refractivity contribution < 1.29 is 19.0 Å². The number of aryl methyl sites for hydroxylation is 1. The molecule has 0 bridgehead atoms. The molecule has 122 valence electrons. The molecule has 2 aromatic rings. The van der Waals surface area contributed by atoms with Crippen LogP contribution in [0.3, 0.4) is 0 Å². The normalized spacial score (nSPS) is 11.7. The summed E-state index contributed by atoms with van der Waals surface area (Å²) in [4.78, 5) is 11.9. The fourth-order valence-corrected chi connectivity index (χ4v) is 2.02. The molecule has 0 saturated heterocycles. The predicted octanol–water partition coefficient (Wildman–Crippen LogP) is 3.00. The standard InChI is InChI=1S/C17H19FN2O3/c1-11-3-8-14(23-2)9-15(11)20-17(22)19-10-16(21)12-4-6-13(18)7-5-12/h3-9,16,21H,10H2,1-2H3,(H2,19,20,22). The lowest BCUT2D eigenvalue weighted by Crippen LogP contribution is -2.32. The minimum Gasteiger partial charge on any atom is -0.497 e. The molecule has 0 saturated carbocycles. The summed E-state index contributed by atoms with van der Waals surface area (Å²) < 4.78 is 17.9. The van der Waals surface area contributed by atoms with Crippen LogP contribution in [-0.4, -0.2) is 24.8 Å². The Morgan fingerprint density at radius 3 is 2.61 bits per heavy atom. The van der Waals surface area contributed by atoms with E-state index < -0.39 is 12.1 Å². The number of nitrogens with one attached hydrogen (secondary N) is 2. The number of ether oxygens (including phenoxy) is 1. The van der Waals surface area contributed by atoms with E-state index in [1.54, 1.807) is 19.2 Å². The van der Waals surface area contributed by atoms with Gasteiger partial charge in [0, 0.05) is 18.3 Å². The van der Waals surface area contributed by atoms with Crippen LogP contribution in [0, 0.1) is 12.7 Å². The van der Waals surface area contributed by atoms with E-state index in [0.717, 1.165) is 5.56 Å². The van der Waals surface area contributed by atoms with Crippen LogP contribution in [0.25, 0.3) is 0 Å². The molecule has 0 fully saturated rings. The molecule has 0 heterocycles. The molecule has 0 aliphatic rings. The van der Waals surface area contributed by atoms with Crippen LogP contribution >= 0.6 is 0 Å². The summed E-state index contributed by atoms with van der Waals surface area (Å²) in [6.07, 6.45) is -0.909. The maximum Gasteiger partial charge on any atom is 0.319 e. The summed E-state index contributed by atoms with van der Waals surface area (Å²) in [6.45, 7) is 1.88. The van der Waals surface area contributed by atoms with Gasteiger partial charge in [-0.15, -0.1) is 0 Å². The van der Waals surface area contributed by atoms with E-state index in [-0.39, 0.29) is 12.4 Å². The molecule has 2 aromatic carbocycles. The van der Waals surface area contributed by atoms with E-state index in [0.29, 0.717) is 17.0 Å². The topological polar surface area (TPSA) is 70.6 Å². The molecule has 0 spiro atoms. The number of methoxy groups -OCH3 is 1. The maximum atomic E-state index is 12.8. The van der Waals surface area contributed by atoms with Crippen molar-refractivity contribution in [1.29, 1.82) is 0 Å². The lowest BCUT2D eigenvalue weighted by molar-refractivity contribution is 0.175. The van der Waals surface area contributed by atoms with Gasteiger partial charge in [0.25, 0.3) is 0 Å². The third kappa shape index (κ3) is 4.69. The molecule has 2 rings (SSSR count). The SMILES string of the molecule is COc1ccc(C)c(NC(=O)NCC(O)c2ccc(F)cc2)c1. The van der Waals surface area contributed by atoms with E-state index in [1.165, 1.54) is 24.3 Å². The number of aliphatic hydroxyl groups is 1. The number of rotatable bonds is 5. The summed E-state index contributed by atoms with van der Waals surface area (Å²) in [5.74, 6) is 0.261. The molecule has 3 N–H and O–H groups in total. The number of carbonyl (C=O) groups is 1. The Kier molecular flexibility index (Phi) is 5.54. The molecule has 0 radical (unpaired) electrons. The summed E-state index contributed by atoms with van der Waals surface area (Å²) in [6, 6.07) is 10.4. The van der Waals surface area contributed by atoms with Gasteiger partial charge in [-0.3, -0.25) is 0 Å². The molecule has 1 unspecified atom stereocenters. The van der Waals surface area contributed by atoms with Crippen LogP contribution in [-0.2, 0) is 0 Å². The fraction of sp³-hybridized carbons (Fsp3) is 0.235. The Morgan fingerprint density at radius 2 is 1.96 bits per heavy atom. The van der Waals surface area contributed by atoms with Gasteiger partial charge < -0.3 is 20.5 Å². The molecule has 0 aliphatic heterocycles. The van der Waals surface area contributed by atoms with Crippen LogP contribution in [0.4, 0.5) is 14.9 Å². The molecule has 0 aliphatic carbocycles. The lowest BCUT2D eigenvalue weighted by atomic mass is 10.1. The lowest BCUT2D eigenvalue weighted by Gasteiger charge is -2.14. The Hall–Kier alpha value is -2.60. The molecule has 6 heteroatoms. The first-order valence-electron chi connectivity index (χ1n) is 7.12. The molecule has 1 atom stereocenters. The van der Waals surface area contributed by atoms with Crippen LogP contribution in [0.15, 0.2) is 42.5 Å².